The van der Waals surface area contributed by atoms with Gasteiger partial charge in [-0.25, -0.2) is 12.8 Å². The van der Waals surface area contributed by atoms with E-state index in [1.165, 1.54) is 16.4 Å². The molecule has 1 amide bonds. The Morgan fingerprint density at radius 3 is 2.21 bits per heavy atom. The van der Waals surface area contributed by atoms with E-state index in [4.69, 9.17) is 0 Å². The molecule has 1 saturated heterocycles. The SMILES string of the molecule is CS(=O)c1ccc(C(=O)N2CCCN(S(=O)(=O)c3ccc(F)cc3)CC2)cc1. The normalized spacial score (nSPS) is 17.1. The number of hydrogen-bond donors (Lipinski definition) is 0. The highest BCUT2D eigenvalue weighted by Crippen LogP contribution is 2.19. The van der Waals surface area contributed by atoms with E-state index in [1.54, 1.807) is 35.4 Å². The fourth-order valence-electron chi connectivity index (χ4n) is 3.06. The number of sulfonamides is 1. The number of carbonyl (C=O) groups is 1. The molecule has 0 spiro atoms. The zero-order valence-corrected chi connectivity index (χ0v) is 17.0. The molecule has 1 atom stereocenters. The molecule has 0 radical (unpaired) electrons. The lowest BCUT2D eigenvalue weighted by Gasteiger charge is -2.22. The first-order valence-electron chi connectivity index (χ1n) is 8.77. The summed E-state index contributed by atoms with van der Waals surface area (Å²) in [6.07, 6.45) is 2.07. The molecular weight excluding hydrogens is 403 g/mol. The zero-order chi connectivity index (χ0) is 20.3. The molecule has 2 aromatic carbocycles. The van der Waals surface area contributed by atoms with E-state index in [-0.39, 0.29) is 30.4 Å². The van der Waals surface area contributed by atoms with Crippen molar-refractivity contribution in [3.8, 4) is 0 Å². The summed E-state index contributed by atoms with van der Waals surface area (Å²) in [6, 6.07) is 11.3. The van der Waals surface area contributed by atoms with Gasteiger partial charge in [0.1, 0.15) is 5.82 Å². The summed E-state index contributed by atoms with van der Waals surface area (Å²) in [5.41, 5.74) is 0.476. The minimum absolute atomic E-state index is 0.0387. The number of amides is 1. The van der Waals surface area contributed by atoms with Gasteiger partial charge in [-0.05, 0) is 55.0 Å². The quantitative estimate of drug-likeness (QED) is 0.753. The lowest BCUT2D eigenvalue weighted by molar-refractivity contribution is 0.0764. The van der Waals surface area contributed by atoms with E-state index in [0.717, 1.165) is 12.1 Å². The predicted octanol–water partition coefficient (Wildman–Crippen LogP) is 2.10. The first kappa shape index (κ1) is 20.6. The van der Waals surface area contributed by atoms with Crippen LogP contribution in [0.4, 0.5) is 4.39 Å². The first-order chi connectivity index (χ1) is 13.3. The summed E-state index contributed by atoms with van der Waals surface area (Å²) < 4.78 is 51.4. The standard InChI is InChI=1S/C19H21FN2O4S2/c1-27(24)17-7-3-15(4-8-17)19(23)21-11-2-12-22(14-13-21)28(25,26)18-9-5-16(20)6-10-18/h3-10H,2,11-14H2,1H3. The highest BCUT2D eigenvalue weighted by Gasteiger charge is 2.28. The van der Waals surface area contributed by atoms with Crippen LogP contribution in [0, 0.1) is 5.82 Å². The van der Waals surface area contributed by atoms with E-state index in [0.29, 0.717) is 23.4 Å². The minimum atomic E-state index is -3.74. The van der Waals surface area contributed by atoms with Gasteiger partial charge in [0.25, 0.3) is 5.91 Å². The van der Waals surface area contributed by atoms with Crippen LogP contribution < -0.4 is 0 Å². The number of hydrogen-bond acceptors (Lipinski definition) is 4. The summed E-state index contributed by atoms with van der Waals surface area (Å²) in [4.78, 5) is 15.0. The van der Waals surface area contributed by atoms with Gasteiger partial charge in [0.05, 0.1) is 4.90 Å². The van der Waals surface area contributed by atoms with Crippen LogP contribution in [0.15, 0.2) is 58.3 Å². The molecule has 0 aromatic heterocycles. The van der Waals surface area contributed by atoms with Gasteiger partial charge in [-0.1, -0.05) is 0 Å². The molecule has 1 fully saturated rings. The molecule has 3 rings (SSSR count). The summed E-state index contributed by atoms with van der Waals surface area (Å²) in [5, 5.41) is 0. The lowest BCUT2D eigenvalue weighted by Crippen LogP contribution is -2.37. The van der Waals surface area contributed by atoms with Crippen LogP contribution in [-0.4, -0.2) is 60.2 Å². The van der Waals surface area contributed by atoms with Gasteiger partial charge in [0.2, 0.25) is 10.0 Å². The Bertz CT molecular complexity index is 976. The Morgan fingerprint density at radius 2 is 1.61 bits per heavy atom. The van der Waals surface area contributed by atoms with Crippen molar-refractivity contribution in [3.63, 3.8) is 0 Å². The summed E-state index contributed by atoms with van der Waals surface area (Å²) in [5.74, 6) is -0.682. The van der Waals surface area contributed by atoms with Crippen molar-refractivity contribution < 1.29 is 21.8 Å². The van der Waals surface area contributed by atoms with Gasteiger partial charge in [0, 0.05) is 53.7 Å². The highest BCUT2D eigenvalue weighted by atomic mass is 32.2. The summed E-state index contributed by atoms with van der Waals surface area (Å²) >= 11 is 0. The second-order valence-electron chi connectivity index (χ2n) is 6.48. The third-order valence-electron chi connectivity index (χ3n) is 4.63. The van der Waals surface area contributed by atoms with Gasteiger partial charge in [-0.3, -0.25) is 9.00 Å². The molecule has 9 heteroatoms. The molecule has 0 N–H and O–H groups in total. The third-order valence-corrected chi connectivity index (χ3v) is 7.48. The van der Waals surface area contributed by atoms with Crippen LogP contribution in [0.5, 0.6) is 0 Å². The number of nitrogens with zero attached hydrogens (tertiary/aromatic N) is 2. The second-order valence-corrected chi connectivity index (χ2v) is 9.80. The van der Waals surface area contributed by atoms with E-state index in [1.807, 2.05) is 0 Å². The van der Waals surface area contributed by atoms with Crippen molar-refractivity contribution in [3.05, 3.63) is 59.9 Å². The lowest BCUT2D eigenvalue weighted by atomic mass is 10.2. The fourth-order valence-corrected chi connectivity index (χ4v) is 5.05. The molecule has 1 aliphatic rings. The molecular formula is C19H21FN2O4S2. The highest BCUT2D eigenvalue weighted by molar-refractivity contribution is 7.89. The maximum atomic E-state index is 13.1. The molecule has 1 heterocycles. The van der Waals surface area contributed by atoms with Crippen LogP contribution in [0.2, 0.25) is 0 Å². The van der Waals surface area contributed by atoms with Crippen LogP contribution >= 0.6 is 0 Å². The van der Waals surface area contributed by atoms with Gasteiger partial charge in [0.15, 0.2) is 0 Å². The van der Waals surface area contributed by atoms with Crippen molar-refractivity contribution in [1.82, 2.24) is 9.21 Å². The fraction of sp³-hybridized carbons (Fsp3) is 0.316. The van der Waals surface area contributed by atoms with Crippen molar-refractivity contribution in [2.24, 2.45) is 0 Å². The Kier molecular flexibility index (Phi) is 6.26. The summed E-state index contributed by atoms with van der Waals surface area (Å²) in [7, 11) is -4.85. The van der Waals surface area contributed by atoms with E-state index in [9.17, 15) is 21.8 Å². The monoisotopic (exact) mass is 424 g/mol. The van der Waals surface area contributed by atoms with Crippen LogP contribution in [0.1, 0.15) is 16.8 Å². The Balaban J connectivity index is 1.71. The van der Waals surface area contributed by atoms with E-state index >= 15 is 0 Å². The molecule has 1 unspecified atom stereocenters. The Labute approximate surface area is 166 Å². The summed E-state index contributed by atoms with van der Waals surface area (Å²) in [6.45, 7) is 1.16. The zero-order valence-electron chi connectivity index (χ0n) is 15.4. The van der Waals surface area contributed by atoms with E-state index in [2.05, 4.69) is 0 Å². The van der Waals surface area contributed by atoms with Gasteiger partial charge in [-0.2, -0.15) is 4.31 Å². The average Bonchev–Trinajstić information content (AvgIpc) is 2.94. The van der Waals surface area contributed by atoms with Crippen molar-refractivity contribution in [2.45, 2.75) is 16.2 Å². The number of rotatable bonds is 4. The molecule has 150 valence electrons. The maximum absolute atomic E-state index is 13.1. The third kappa shape index (κ3) is 4.48. The van der Waals surface area contributed by atoms with Gasteiger partial charge >= 0.3 is 0 Å². The number of halogens is 1. The minimum Gasteiger partial charge on any atom is -0.337 e. The maximum Gasteiger partial charge on any atom is 0.253 e. The Morgan fingerprint density at radius 1 is 0.964 bits per heavy atom. The number of benzene rings is 2. The molecule has 0 saturated carbocycles. The van der Waals surface area contributed by atoms with Gasteiger partial charge < -0.3 is 4.90 Å². The topological polar surface area (TPSA) is 74.8 Å². The molecule has 0 bridgehead atoms. The average molecular weight is 425 g/mol. The largest absolute Gasteiger partial charge is 0.337 e. The van der Waals surface area contributed by atoms with E-state index < -0.39 is 26.6 Å². The van der Waals surface area contributed by atoms with Crippen LogP contribution in [-0.2, 0) is 20.8 Å². The second kappa shape index (κ2) is 8.50. The van der Waals surface area contributed by atoms with Crippen LogP contribution in [0.25, 0.3) is 0 Å². The smallest absolute Gasteiger partial charge is 0.253 e. The first-order valence-corrected chi connectivity index (χ1v) is 11.8. The Hall–Kier alpha value is -2.10. The number of carbonyl (C=O) groups excluding carboxylic acids is 1. The van der Waals surface area contributed by atoms with Crippen LogP contribution in [0.3, 0.4) is 0 Å². The molecule has 2 aromatic rings. The van der Waals surface area contributed by atoms with Crippen molar-refractivity contribution in [2.75, 3.05) is 32.4 Å². The molecule has 1 aliphatic heterocycles. The van der Waals surface area contributed by atoms with Gasteiger partial charge in [-0.15, -0.1) is 0 Å². The van der Waals surface area contributed by atoms with Crippen molar-refractivity contribution >= 4 is 26.7 Å². The van der Waals surface area contributed by atoms with Crippen molar-refractivity contribution in [1.29, 1.82) is 0 Å². The molecule has 0 aliphatic carbocycles. The predicted molar refractivity (Wildman–Crippen MR) is 104 cm³/mol. The molecule has 28 heavy (non-hydrogen) atoms. The molecule has 6 nitrogen and oxygen atoms in total.